The fraction of sp³-hybridized carbons (Fsp3) is 0.438. The minimum absolute atomic E-state index is 0.205. The van der Waals surface area contributed by atoms with Crippen LogP contribution in [0.4, 0.5) is 0 Å². The molecular formula is C32H38O3. The van der Waals surface area contributed by atoms with Crippen molar-refractivity contribution in [1.29, 1.82) is 0 Å². The molecule has 184 valence electrons. The Morgan fingerprint density at radius 2 is 1.57 bits per heavy atom. The lowest BCUT2D eigenvalue weighted by Gasteiger charge is -2.36. The maximum Gasteiger partial charge on any atom is 0.120 e. The molecule has 5 rings (SSSR count). The van der Waals surface area contributed by atoms with Gasteiger partial charge in [0.15, 0.2) is 0 Å². The molecule has 0 amide bonds. The van der Waals surface area contributed by atoms with Crippen molar-refractivity contribution in [3.05, 3.63) is 95.1 Å². The summed E-state index contributed by atoms with van der Waals surface area (Å²) in [5.41, 5.74) is 5.34. The number of aliphatic hydroxyl groups is 1. The molecule has 0 bridgehead atoms. The van der Waals surface area contributed by atoms with Gasteiger partial charge in [-0.25, -0.2) is 0 Å². The molecule has 2 atom stereocenters. The quantitative estimate of drug-likeness (QED) is 0.395. The van der Waals surface area contributed by atoms with Gasteiger partial charge in [0.1, 0.15) is 17.1 Å². The van der Waals surface area contributed by atoms with Crippen LogP contribution in [-0.4, -0.2) is 23.4 Å². The van der Waals surface area contributed by atoms with Gasteiger partial charge in [-0.2, -0.15) is 0 Å². The summed E-state index contributed by atoms with van der Waals surface area (Å²) in [7, 11) is 0. The molecule has 3 aromatic rings. The predicted molar refractivity (Wildman–Crippen MR) is 141 cm³/mol. The summed E-state index contributed by atoms with van der Waals surface area (Å²) in [6.45, 7) is 6.57. The lowest BCUT2D eigenvalue weighted by molar-refractivity contribution is 0.0513. The smallest absolute Gasteiger partial charge is 0.120 e. The van der Waals surface area contributed by atoms with E-state index in [1.165, 1.54) is 22.3 Å². The monoisotopic (exact) mass is 470 g/mol. The van der Waals surface area contributed by atoms with E-state index in [0.717, 1.165) is 43.6 Å². The van der Waals surface area contributed by atoms with Gasteiger partial charge in [-0.3, -0.25) is 0 Å². The summed E-state index contributed by atoms with van der Waals surface area (Å²) in [6.07, 6.45) is 5.45. The highest BCUT2D eigenvalue weighted by Crippen LogP contribution is 2.47. The largest absolute Gasteiger partial charge is 0.490 e. The van der Waals surface area contributed by atoms with Crippen LogP contribution in [0.1, 0.15) is 80.5 Å². The van der Waals surface area contributed by atoms with Gasteiger partial charge in [0, 0.05) is 12.5 Å². The van der Waals surface area contributed by atoms with Crippen molar-refractivity contribution in [2.75, 3.05) is 6.61 Å². The van der Waals surface area contributed by atoms with Gasteiger partial charge in [-0.1, -0.05) is 48.5 Å². The summed E-state index contributed by atoms with van der Waals surface area (Å²) >= 11 is 0. The van der Waals surface area contributed by atoms with Crippen LogP contribution in [0.3, 0.4) is 0 Å². The third kappa shape index (κ3) is 5.56. The maximum atomic E-state index is 9.12. The molecule has 0 saturated heterocycles. The minimum atomic E-state index is -0.205. The number of ether oxygens (including phenoxy) is 2. The second-order valence-corrected chi connectivity index (χ2v) is 11.3. The molecule has 0 aromatic heterocycles. The standard InChI is InChI=1S/C32H38O3/c1-32(2,3)35-27-14-16-30-25(21-27)11-15-29(23-7-5-4-6-8-23)31(30)24-9-12-26(13-10-24)34-28-19-22(20-28)17-18-33/h4-10,12-14,16,21-22,28-29,31,33H,11,15,17-20H2,1-3H3/t22?,28?,29-,31+/m1/s1. The first kappa shape index (κ1) is 23.9. The van der Waals surface area contributed by atoms with Gasteiger partial charge < -0.3 is 14.6 Å². The molecule has 0 spiro atoms. The van der Waals surface area contributed by atoms with Crippen molar-refractivity contribution in [3.63, 3.8) is 0 Å². The Bertz CT molecular complexity index is 1110. The second-order valence-electron chi connectivity index (χ2n) is 11.3. The molecule has 1 N–H and O–H groups in total. The van der Waals surface area contributed by atoms with Crippen LogP contribution >= 0.6 is 0 Å². The van der Waals surface area contributed by atoms with E-state index in [0.29, 0.717) is 17.8 Å². The summed E-state index contributed by atoms with van der Waals surface area (Å²) in [6, 6.07) is 26.4. The lowest BCUT2D eigenvalue weighted by Crippen LogP contribution is -2.34. The van der Waals surface area contributed by atoms with Crippen LogP contribution < -0.4 is 9.47 Å². The Kier molecular flexibility index (Phi) is 6.88. The summed E-state index contributed by atoms with van der Waals surface area (Å²) < 4.78 is 12.4. The van der Waals surface area contributed by atoms with Gasteiger partial charge in [-0.05, 0) is 111 Å². The first-order chi connectivity index (χ1) is 16.9. The number of fused-ring (bicyclic) bond motifs is 1. The average molecular weight is 471 g/mol. The maximum absolute atomic E-state index is 9.12. The number of aliphatic hydroxyl groups excluding tert-OH is 1. The van der Waals surface area contributed by atoms with E-state index in [4.69, 9.17) is 14.6 Å². The van der Waals surface area contributed by atoms with E-state index in [-0.39, 0.29) is 18.3 Å². The van der Waals surface area contributed by atoms with Gasteiger partial charge >= 0.3 is 0 Å². The average Bonchev–Trinajstić information content (AvgIpc) is 2.82. The Hall–Kier alpha value is -2.78. The van der Waals surface area contributed by atoms with Crippen molar-refractivity contribution in [1.82, 2.24) is 0 Å². The highest BCUT2D eigenvalue weighted by Gasteiger charge is 2.33. The van der Waals surface area contributed by atoms with Crippen LogP contribution in [0.25, 0.3) is 0 Å². The molecule has 0 radical (unpaired) electrons. The van der Waals surface area contributed by atoms with E-state index in [2.05, 4.69) is 93.6 Å². The summed E-state index contributed by atoms with van der Waals surface area (Å²) in [5, 5.41) is 9.12. The van der Waals surface area contributed by atoms with Crippen LogP contribution in [0.2, 0.25) is 0 Å². The number of aryl methyl sites for hydroxylation is 1. The second kappa shape index (κ2) is 10.1. The zero-order chi connectivity index (χ0) is 24.4. The fourth-order valence-corrected chi connectivity index (χ4v) is 5.82. The molecule has 0 aliphatic heterocycles. The number of hydrogen-bond acceptors (Lipinski definition) is 3. The highest BCUT2D eigenvalue weighted by atomic mass is 16.5. The van der Waals surface area contributed by atoms with Crippen molar-refractivity contribution in [2.24, 2.45) is 5.92 Å². The van der Waals surface area contributed by atoms with Crippen LogP contribution in [0, 0.1) is 5.92 Å². The lowest BCUT2D eigenvalue weighted by atomic mass is 9.69. The number of rotatable bonds is 7. The third-order valence-electron chi connectivity index (χ3n) is 7.50. The van der Waals surface area contributed by atoms with Crippen LogP contribution in [0.15, 0.2) is 72.8 Å². The van der Waals surface area contributed by atoms with Gasteiger partial charge in [0.25, 0.3) is 0 Å². The van der Waals surface area contributed by atoms with Crippen LogP contribution in [-0.2, 0) is 6.42 Å². The van der Waals surface area contributed by atoms with Gasteiger partial charge in [-0.15, -0.1) is 0 Å². The van der Waals surface area contributed by atoms with Crippen molar-refractivity contribution >= 4 is 0 Å². The van der Waals surface area contributed by atoms with Crippen molar-refractivity contribution in [3.8, 4) is 11.5 Å². The molecule has 1 fully saturated rings. The third-order valence-corrected chi connectivity index (χ3v) is 7.50. The normalized spacial score (nSPS) is 23.8. The van der Waals surface area contributed by atoms with Crippen molar-refractivity contribution < 1.29 is 14.6 Å². The zero-order valence-electron chi connectivity index (χ0n) is 21.2. The first-order valence-corrected chi connectivity index (χ1v) is 13.1. The molecule has 0 heterocycles. The van der Waals surface area contributed by atoms with Crippen molar-refractivity contribution in [2.45, 2.75) is 76.4 Å². The molecule has 3 heteroatoms. The molecule has 35 heavy (non-hydrogen) atoms. The van der Waals surface area contributed by atoms with E-state index < -0.39 is 0 Å². The molecular weight excluding hydrogens is 432 g/mol. The molecule has 0 unspecified atom stereocenters. The Morgan fingerprint density at radius 3 is 2.26 bits per heavy atom. The Balaban J connectivity index is 1.41. The van der Waals surface area contributed by atoms with Gasteiger partial charge in [0.2, 0.25) is 0 Å². The topological polar surface area (TPSA) is 38.7 Å². The predicted octanol–water partition coefficient (Wildman–Crippen LogP) is 7.27. The fourth-order valence-electron chi connectivity index (χ4n) is 5.82. The number of hydrogen-bond donors (Lipinski definition) is 1. The zero-order valence-corrected chi connectivity index (χ0v) is 21.2. The van der Waals surface area contributed by atoms with Crippen LogP contribution in [0.5, 0.6) is 11.5 Å². The van der Waals surface area contributed by atoms with E-state index in [1.807, 2.05) is 0 Å². The highest BCUT2D eigenvalue weighted by molar-refractivity contribution is 5.48. The molecule has 1 saturated carbocycles. The SMILES string of the molecule is CC(C)(C)Oc1ccc2c(c1)CC[C@H](c1ccccc1)[C@@H]2c1ccc(OC2CC(CCO)C2)cc1. The van der Waals surface area contributed by atoms with Gasteiger partial charge in [0.05, 0.1) is 6.10 Å². The summed E-state index contributed by atoms with van der Waals surface area (Å²) in [4.78, 5) is 0. The minimum Gasteiger partial charge on any atom is -0.490 e. The summed E-state index contributed by atoms with van der Waals surface area (Å²) in [5.74, 6) is 3.26. The molecule has 2 aliphatic rings. The Morgan fingerprint density at radius 1 is 0.857 bits per heavy atom. The Labute approximate surface area is 210 Å². The van der Waals surface area contributed by atoms with E-state index >= 15 is 0 Å². The molecule has 3 aromatic carbocycles. The van der Waals surface area contributed by atoms with E-state index in [9.17, 15) is 0 Å². The molecule has 2 aliphatic carbocycles. The number of benzene rings is 3. The van der Waals surface area contributed by atoms with E-state index in [1.54, 1.807) is 0 Å². The molecule has 3 nitrogen and oxygen atoms in total. The first-order valence-electron chi connectivity index (χ1n) is 13.1.